The molecule has 14 heavy (non-hydrogen) atoms. The molecule has 0 spiro atoms. The van der Waals surface area contributed by atoms with Gasteiger partial charge in [0.05, 0.1) is 17.6 Å². The van der Waals surface area contributed by atoms with E-state index in [1.807, 2.05) is 0 Å². The lowest BCUT2D eigenvalue weighted by Crippen LogP contribution is -1.91. The van der Waals surface area contributed by atoms with Crippen molar-refractivity contribution in [1.29, 1.82) is 0 Å². The Hall–Kier alpha value is -0.870. The van der Waals surface area contributed by atoms with Crippen molar-refractivity contribution in [3.8, 4) is 5.88 Å². The summed E-state index contributed by atoms with van der Waals surface area (Å²) in [6, 6.07) is 1.73. The molecule has 3 nitrogen and oxygen atoms in total. The summed E-state index contributed by atoms with van der Waals surface area (Å²) in [4.78, 5) is 8.29. The van der Waals surface area contributed by atoms with E-state index in [4.69, 9.17) is 16.3 Å². The van der Waals surface area contributed by atoms with E-state index in [9.17, 15) is 0 Å². The molecule has 2 heterocycles. The molecule has 0 radical (unpaired) electrons. The first-order chi connectivity index (χ1) is 6.74. The molecular formula is C9H6BrClN2O. The SMILES string of the molecule is COc1ncc2c(Cl)ccnc2c1Br. The summed E-state index contributed by atoms with van der Waals surface area (Å²) in [5.74, 6) is 0.507. The number of fused-ring (bicyclic) bond motifs is 1. The lowest BCUT2D eigenvalue weighted by Gasteiger charge is -2.05. The molecule has 72 valence electrons. The number of nitrogens with zero attached hydrogens (tertiary/aromatic N) is 2. The van der Waals surface area contributed by atoms with Crippen LogP contribution >= 0.6 is 27.5 Å². The van der Waals surface area contributed by atoms with Gasteiger partial charge >= 0.3 is 0 Å². The van der Waals surface area contributed by atoms with E-state index in [2.05, 4.69) is 25.9 Å². The van der Waals surface area contributed by atoms with Gasteiger partial charge in [0.2, 0.25) is 5.88 Å². The van der Waals surface area contributed by atoms with Crippen molar-refractivity contribution in [2.24, 2.45) is 0 Å². The number of methoxy groups -OCH3 is 1. The van der Waals surface area contributed by atoms with Gasteiger partial charge in [0.15, 0.2) is 0 Å². The van der Waals surface area contributed by atoms with E-state index in [1.54, 1.807) is 25.6 Å². The number of pyridine rings is 2. The van der Waals surface area contributed by atoms with E-state index in [0.29, 0.717) is 10.9 Å². The minimum absolute atomic E-state index is 0.507. The highest BCUT2D eigenvalue weighted by Crippen LogP contribution is 2.32. The van der Waals surface area contributed by atoms with Gasteiger partial charge in [-0.25, -0.2) is 4.98 Å². The van der Waals surface area contributed by atoms with Crippen molar-refractivity contribution >= 4 is 38.4 Å². The molecule has 2 aromatic heterocycles. The molecule has 2 rings (SSSR count). The number of aromatic nitrogens is 2. The summed E-state index contributed by atoms with van der Waals surface area (Å²) in [5, 5.41) is 1.44. The maximum Gasteiger partial charge on any atom is 0.229 e. The monoisotopic (exact) mass is 272 g/mol. The zero-order chi connectivity index (χ0) is 10.1. The molecule has 0 aliphatic heterocycles. The Morgan fingerprint density at radius 3 is 2.93 bits per heavy atom. The smallest absolute Gasteiger partial charge is 0.229 e. The number of hydrogen-bond acceptors (Lipinski definition) is 3. The Morgan fingerprint density at radius 1 is 1.43 bits per heavy atom. The molecule has 0 N–H and O–H groups in total. The van der Waals surface area contributed by atoms with Gasteiger partial charge in [-0.3, -0.25) is 4.98 Å². The van der Waals surface area contributed by atoms with Crippen LogP contribution < -0.4 is 4.74 Å². The van der Waals surface area contributed by atoms with Gasteiger partial charge in [-0.2, -0.15) is 0 Å². The second kappa shape index (κ2) is 3.71. The van der Waals surface area contributed by atoms with Crippen molar-refractivity contribution in [1.82, 2.24) is 9.97 Å². The highest BCUT2D eigenvalue weighted by Gasteiger charge is 2.09. The van der Waals surface area contributed by atoms with Gasteiger partial charge in [0.1, 0.15) is 4.47 Å². The Morgan fingerprint density at radius 2 is 2.21 bits per heavy atom. The van der Waals surface area contributed by atoms with Crippen LogP contribution in [0.1, 0.15) is 0 Å². The van der Waals surface area contributed by atoms with E-state index in [-0.39, 0.29) is 0 Å². The third kappa shape index (κ3) is 1.44. The summed E-state index contributed by atoms with van der Waals surface area (Å²) in [6.45, 7) is 0. The van der Waals surface area contributed by atoms with Gasteiger partial charge in [0, 0.05) is 17.8 Å². The first-order valence-corrected chi connectivity index (χ1v) is 5.04. The zero-order valence-corrected chi connectivity index (χ0v) is 9.63. The molecule has 0 aliphatic carbocycles. The van der Waals surface area contributed by atoms with Crippen molar-refractivity contribution in [2.75, 3.05) is 7.11 Å². The zero-order valence-electron chi connectivity index (χ0n) is 7.29. The molecule has 0 aromatic carbocycles. The van der Waals surface area contributed by atoms with E-state index >= 15 is 0 Å². The van der Waals surface area contributed by atoms with Gasteiger partial charge in [-0.15, -0.1) is 0 Å². The third-order valence-corrected chi connectivity index (χ3v) is 2.88. The van der Waals surface area contributed by atoms with Crippen molar-refractivity contribution in [3.63, 3.8) is 0 Å². The minimum Gasteiger partial charge on any atom is -0.480 e. The topological polar surface area (TPSA) is 35.0 Å². The van der Waals surface area contributed by atoms with Crippen molar-refractivity contribution in [3.05, 3.63) is 28.0 Å². The van der Waals surface area contributed by atoms with E-state index in [1.165, 1.54) is 0 Å². The molecule has 0 aliphatic rings. The highest BCUT2D eigenvalue weighted by atomic mass is 79.9. The summed E-state index contributed by atoms with van der Waals surface area (Å²) in [7, 11) is 1.56. The van der Waals surface area contributed by atoms with Gasteiger partial charge in [0.25, 0.3) is 0 Å². The van der Waals surface area contributed by atoms with Crippen LogP contribution in [-0.4, -0.2) is 17.1 Å². The first kappa shape index (κ1) is 9.68. The molecule has 0 bridgehead atoms. The molecule has 5 heteroatoms. The van der Waals surface area contributed by atoms with Crippen LogP contribution in [0.5, 0.6) is 5.88 Å². The standard InChI is InChI=1S/C9H6BrClN2O/c1-14-9-7(10)8-5(4-13-9)6(11)2-3-12-8/h2-4H,1H3. The Kier molecular flexibility index (Phi) is 2.56. The summed E-state index contributed by atoms with van der Waals surface area (Å²) in [6.07, 6.45) is 3.29. The number of halogens is 2. The molecule has 0 saturated heterocycles. The normalized spacial score (nSPS) is 10.5. The minimum atomic E-state index is 0.507. The maximum atomic E-state index is 5.98. The van der Waals surface area contributed by atoms with Crippen LogP contribution in [0.15, 0.2) is 22.9 Å². The van der Waals surface area contributed by atoms with Gasteiger partial charge < -0.3 is 4.74 Å². The predicted octanol–water partition coefficient (Wildman–Crippen LogP) is 3.05. The number of hydrogen-bond donors (Lipinski definition) is 0. The second-order valence-corrected chi connectivity index (χ2v) is 3.84. The Labute approximate surface area is 94.2 Å². The molecule has 0 fully saturated rings. The molecule has 0 unspecified atom stereocenters. The second-order valence-electron chi connectivity index (χ2n) is 2.64. The predicted molar refractivity (Wildman–Crippen MR) is 58.8 cm³/mol. The van der Waals surface area contributed by atoms with Crippen LogP contribution in [0.25, 0.3) is 10.9 Å². The lowest BCUT2D eigenvalue weighted by molar-refractivity contribution is 0.396. The largest absolute Gasteiger partial charge is 0.480 e. The van der Waals surface area contributed by atoms with E-state index < -0.39 is 0 Å². The van der Waals surface area contributed by atoms with Gasteiger partial charge in [-0.1, -0.05) is 11.6 Å². The van der Waals surface area contributed by atoms with Crippen LogP contribution in [0.3, 0.4) is 0 Å². The molecule has 2 aromatic rings. The summed E-state index contributed by atoms with van der Waals surface area (Å²) < 4.78 is 5.77. The maximum absolute atomic E-state index is 5.98. The average Bonchev–Trinajstić information content (AvgIpc) is 2.20. The molecule has 0 saturated carbocycles. The van der Waals surface area contributed by atoms with Gasteiger partial charge in [-0.05, 0) is 22.0 Å². The molecular weight excluding hydrogens is 267 g/mol. The fraction of sp³-hybridized carbons (Fsp3) is 0.111. The summed E-state index contributed by atoms with van der Waals surface area (Å²) >= 11 is 9.35. The number of ether oxygens (including phenoxy) is 1. The molecule has 0 amide bonds. The van der Waals surface area contributed by atoms with Crippen LogP contribution in [0.4, 0.5) is 0 Å². The van der Waals surface area contributed by atoms with Crippen LogP contribution in [0.2, 0.25) is 5.02 Å². The Balaban J connectivity index is 2.84. The van der Waals surface area contributed by atoms with Crippen molar-refractivity contribution in [2.45, 2.75) is 0 Å². The Bertz CT molecular complexity index is 489. The average molecular weight is 274 g/mol. The molecule has 0 atom stereocenters. The number of rotatable bonds is 1. The summed E-state index contributed by atoms with van der Waals surface area (Å²) in [5.41, 5.74) is 0.754. The van der Waals surface area contributed by atoms with Crippen LogP contribution in [0, 0.1) is 0 Å². The fourth-order valence-corrected chi connectivity index (χ4v) is 1.95. The third-order valence-electron chi connectivity index (χ3n) is 1.84. The quantitative estimate of drug-likeness (QED) is 0.801. The first-order valence-electron chi connectivity index (χ1n) is 3.86. The van der Waals surface area contributed by atoms with Crippen LogP contribution in [-0.2, 0) is 0 Å². The lowest BCUT2D eigenvalue weighted by atomic mass is 10.3. The fourth-order valence-electron chi connectivity index (χ4n) is 1.17. The van der Waals surface area contributed by atoms with Crippen molar-refractivity contribution < 1.29 is 4.74 Å². The van der Waals surface area contributed by atoms with E-state index in [0.717, 1.165) is 15.4 Å². The highest BCUT2D eigenvalue weighted by molar-refractivity contribution is 9.10.